The Bertz CT molecular complexity index is 503. The van der Waals surface area contributed by atoms with E-state index in [9.17, 15) is 13.2 Å². The van der Waals surface area contributed by atoms with E-state index >= 15 is 0 Å². The van der Waals surface area contributed by atoms with Crippen LogP contribution in [0.25, 0.3) is 0 Å². The van der Waals surface area contributed by atoms with Gasteiger partial charge in [-0.2, -0.15) is 0 Å². The molecule has 1 aromatic carbocycles. The maximum atomic E-state index is 11.8. The summed E-state index contributed by atoms with van der Waals surface area (Å²) in [7, 11) is -4.01. The van der Waals surface area contributed by atoms with Crippen molar-refractivity contribution in [3.63, 3.8) is 0 Å². The average Bonchev–Trinajstić information content (AvgIpc) is 2.17. The molecule has 0 saturated carbocycles. The largest absolute Gasteiger partial charge is 0.454 e. The van der Waals surface area contributed by atoms with Gasteiger partial charge >= 0.3 is 5.30 Å². The minimum absolute atomic E-state index is 0.0107. The van der Waals surface area contributed by atoms with Crippen LogP contribution in [0.3, 0.4) is 0 Å². The van der Waals surface area contributed by atoms with Crippen LogP contribution in [-0.2, 0) is 14.6 Å². The summed E-state index contributed by atoms with van der Waals surface area (Å²) in [4.78, 5) is 11.3. The molecule has 0 N–H and O–H groups in total. The number of ether oxygens (including phenoxy) is 1. The Kier molecular flexibility index (Phi) is 3.70. The van der Waals surface area contributed by atoms with E-state index in [-0.39, 0.29) is 11.5 Å². The van der Waals surface area contributed by atoms with Gasteiger partial charge in [-0.05, 0) is 32.4 Å². The highest BCUT2D eigenvalue weighted by Crippen LogP contribution is 2.19. The highest BCUT2D eigenvalue weighted by Gasteiger charge is 2.27. The van der Waals surface area contributed by atoms with Crippen molar-refractivity contribution < 1.29 is 17.9 Å². The van der Waals surface area contributed by atoms with Gasteiger partial charge in [0.15, 0.2) is 0 Å². The Hall–Kier alpha value is -1.36. The molecule has 16 heavy (non-hydrogen) atoms. The van der Waals surface area contributed by atoms with E-state index in [2.05, 4.69) is 4.74 Å². The standard InChI is InChI=1S/C11H14O4S/c1-4-15-11(12)16(13,14)10-6-5-8(2)7-9(10)3/h5-7H,4H2,1-3H3. The normalized spacial score (nSPS) is 11.2. The van der Waals surface area contributed by atoms with Gasteiger partial charge in [-0.1, -0.05) is 17.7 Å². The second kappa shape index (κ2) is 4.65. The molecule has 0 spiro atoms. The van der Waals surface area contributed by atoms with Gasteiger partial charge in [-0.3, -0.25) is 0 Å². The summed E-state index contributed by atoms with van der Waals surface area (Å²) >= 11 is 0. The Morgan fingerprint density at radius 3 is 2.44 bits per heavy atom. The van der Waals surface area contributed by atoms with Crippen LogP contribution in [0.2, 0.25) is 0 Å². The molecule has 0 saturated heterocycles. The van der Waals surface area contributed by atoms with Crippen molar-refractivity contribution in [1.29, 1.82) is 0 Å². The molecule has 1 rings (SSSR count). The summed E-state index contributed by atoms with van der Waals surface area (Å²) in [5, 5.41) is -1.19. The Morgan fingerprint density at radius 1 is 1.31 bits per heavy atom. The predicted molar refractivity (Wildman–Crippen MR) is 60.1 cm³/mol. The maximum absolute atomic E-state index is 11.8. The molecular weight excluding hydrogens is 228 g/mol. The first-order valence-electron chi connectivity index (χ1n) is 4.88. The van der Waals surface area contributed by atoms with Gasteiger partial charge in [-0.15, -0.1) is 0 Å². The molecule has 0 aliphatic carbocycles. The van der Waals surface area contributed by atoms with Crippen LogP contribution in [0, 0.1) is 13.8 Å². The van der Waals surface area contributed by atoms with Crippen LogP contribution in [0.1, 0.15) is 18.1 Å². The maximum Gasteiger partial charge on any atom is 0.429 e. The SMILES string of the molecule is CCOC(=O)S(=O)(=O)c1ccc(C)cc1C. The average molecular weight is 242 g/mol. The molecule has 0 radical (unpaired) electrons. The van der Waals surface area contributed by atoms with Gasteiger partial charge in [-0.25, -0.2) is 13.2 Å². The Morgan fingerprint density at radius 2 is 1.94 bits per heavy atom. The van der Waals surface area contributed by atoms with E-state index in [0.29, 0.717) is 5.56 Å². The number of aryl methyl sites for hydroxylation is 2. The molecule has 0 heterocycles. The van der Waals surface area contributed by atoms with E-state index in [1.54, 1.807) is 26.0 Å². The fourth-order valence-electron chi connectivity index (χ4n) is 1.39. The van der Waals surface area contributed by atoms with Crippen molar-refractivity contribution in [2.24, 2.45) is 0 Å². The lowest BCUT2D eigenvalue weighted by Gasteiger charge is -2.07. The fourth-order valence-corrected chi connectivity index (χ4v) is 2.57. The van der Waals surface area contributed by atoms with Crippen molar-refractivity contribution in [1.82, 2.24) is 0 Å². The molecule has 0 atom stereocenters. The van der Waals surface area contributed by atoms with Crippen LogP contribution in [0.5, 0.6) is 0 Å². The van der Waals surface area contributed by atoms with E-state index < -0.39 is 15.1 Å². The summed E-state index contributed by atoms with van der Waals surface area (Å²) in [6.07, 6.45) is 0. The fraction of sp³-hybridized carbons (Fsp3) is 0.364. The Labute approximate surface area is 95.2 Å². The number of hydrogen-bond acceptors (Lipinski definition) is 4. The molecule has 88 valence electrons. The molecule has 5 heteroatoms. The lowest BCUT2D eigenvalue weighted by Crippen LogP contribution is -2.17. The third-order valence-corrected chi connectivity index (χ3v) is 3.70. The van der Waals surface area contributed by atoms with E-state index in [0.717, 1.165) is 5.56 Å². The molecule has 0 aliphatic rings. The van der Waals surface area contributed by atoms with Crippen LogP contribution >= 0.6 is 0 Å². The third kappa shape index (κ3) is 2.41. The van der Waals surface area contributed by atoms with Crippen molar-refractivity contribution in [3.05, 3.63) is 29.3 Å². The van der Waals surface area contributed by atoms with E-state index in [4.69, 9.17) is 0 Å². The number of rotatable bonds is 2. The van der Waals surface area contributed by atoms with Crippen molar-refractivity contribution in [2.45, 2.75) is 25.7 Å². The minimum atomic E-state index is -4.01. The molecule has 0 aromatic heterocycles. The highest BCUT2D eigenvalue weighted by atomic mass is 32.2. The zero-order chi connectivity index (χ0) is 12.3. The topological polar surface area (TPSA) is 60.4 Å². The van der Waals surface area contributed by atoms with Crippen molar-refractivity contribution in [2.75, 3.05) is 6.61 Å². The van der Waals surface area contributed by atoms with Gasteiger partial charge in [0, 0.05) is 0 Å². The smallest absolute Gasteiger partial charge is 0.429 e. The second-order valence-electron chi connectivity index (χ2n) is 3.46. The van der Waals surface area contributed by atoms with Gasteiger partial charge in [0.25, 0.3) is 9.84 Å². The summed E-state index contributed by atoms with van der Waals surface area (Å²) in [5.41, 5.74) is 1.49. The van der Waals surface area contributed by atoms with Crippen LogP contribution in [-0.4, -0.2) is 20.3 Å². The third-order valence-electron chi connectivity index (χ3n) is 2.10. The van der Waals surface area contributed by atoms with Crippen LogP contribution in [0.15, 0.2) is 23.1 Å². The first-order valence-corrected chi connectivity index (χ1v) is 6.37. The van der Waals surface area contributed by atoms with Crippen molar-refractivity contribution in [3.8, 4) is 0 Å². The molecule has 0 bridgehead atoms. The molecule has 4 nitrogen and oxygen atoms in total. The number of carbonyl (C=O) groups is 1. The minimum Gasteiger partial charge on any atom is -0.454 e. The number of carbonyl (C=O) groups excluding carboxylic acids is 1. The monoisotopic (exact) mass is 242 g/mol. The summed E-state index contributed by atoms with van der Waals surface area (Å²) < 4.78 is 28.1. The van der Waals surface area contributed by atoms with Gasteiger partial charge in [0.05, 0.1) is 11.5 Å². The molecule has 0 fully saturated rings. The van der Waals surface area contributed by atoms with Gasteiger partial charge < -0.3 is 4.74 Å². The van der Waals surface area contributed by atoms with Crippen LogP contribution < -0.4 is 0 Å². The molecule has 0 amide bonds. The molecule has 0 unspecified atom stereocenters. The quantitative estimate of drug-likeness (QED) is 0.746. The molecule has 0 aliphatic heterocycles. The molecular formula is C11H14O4S. The number of benzene rings is 1. The summed E-state index contributed by atoms with van der Waals surface area (Å²) in [6.45, 7) is 5.12. The van der Waals surface area contributed by atoms with Crippen LogP contribution in [0.4, 0.5) is 4.79 Å². The van der Waals surface area contributed by atoms with Crippen molar-refractivity contribution >= 4 is 15.1 Å². The highest BCUT2D eigenvalue weighted by molar-refractivity contribution is 8.05. The van der Waals surface area contributed by atoms with E-state index in [1.165, 1.54) is 6.07 Å². The zero-order valence-electron chi connectivity index (χ0n) is 9.48. The zero-order valence-corrected chi connectivity index (χ0v) is 10.3. The summed E-state index contributed by atoms with van der Waals surface area (Å²) in [6, 6.07) is 4.79. The van der Waals surface area contributed by atoms with Gasteiger partial charge in [0.2, 0.25) is 0 Å². The number of sulfone groups is 1. The van der Waals surface area contributed by atoms with E-state index in [1.807, 2.05) is 6.92 Å². The second-order valence-corrected chi connectivity index (χ2v) is 5.24. The Balaban J connectivity index is 3.23. The number of hydrogen-bond donors (Lipinski definition) is 0. The first kappa shape index (κ1) is 12.7. The lowest BCUT2D eigenvalue weighted by molar-refractivity contribution is 0.178. The summed E-state index contributed by atoms with van der Waals surface area (Å²) in [5.74, 6) is 0. The first-order chi connectivity index (χ1) is 7.39. The predicted octanol–water partition coefficient (Wildman–Crippen LogP) is 2.23. The van der Waals surface area contributed by atoms with Gasteiger partial charge in [0.1, 0.15) is 0 Å². The lowest BCUT2D eigenvalue weighted by atomic mass is 10.2. The molecule has 1 aromatic rings.